The second kappa shape index (κ2) is 9.15. The van der Waals surface area contributed by atoms with Gasteiger partial charge in [-0.05, 0) is 30.5 Å². The Balaban J connectivity index is 2.11. The summed E-state index contributed by atoms with van der Waals surface area (Å²) in [6.07, 6.45) is 0.782. The zero-order valence-corrected chi connectivity index (χ0v) is 17.4. The molecule has 6 heteroatoms. The van der Waals surface area contributed by atoms with Crippen LogP contribution < -0.4 is 11.1 Å². The number of rotatable bonds is 7. The van der Waals surface area contributed by atoms with Crippen LogP contribution in [0.5, 0.6) is 0 Å². The van der Waals surface area contributed by atoms with Crippen molar-refractivity contribution in [3.63, 3.8) is 0 Å². The molecule has 0 unspecified atom stereocenters. The van der Waals surface area contributed by atoms with Gasteiger partial charge in [0.2, 0.25) is 5.91 Å². The van der Waals surface area contributed by atoms with Gasteiger partial charge in [0.05, 0.1) is 9.88 Å². The molecular weight excluding hydrogens is 358 g/mol. The van der Waals surface area contributed by atoms with Gasteiger partial charge in [-0.25, -0.2) is 0 Å². The average Bonchev–Trinajstić information content (AvgIpc) is 2.98. The molecular formula is C21H29N3O2S. The van der Waals surface area contributed by atoms with Crippen LogP contribution in [0.4, 0.5) is 5.00 Å². The first kappa shape index (κ1) is 21.1. The Morgan fingerprint density at radius 2 is 1.81 bits per heavy atom. The number of thiophene rings is 1. The molecule has 0 radical (unpaired) electrons. The molecule has 0 bridgehead atoms. The smallest absolute Gasteiger partial charge is 0.264 e. The normalized spacial score (nSPS) is 11.3. The van der Waals surface area contributed by atoms with Crippen molar-refractivity contribution < 1.29 is 9.59 Å². The fourth-order valence-corrected chi connectivity index (χ4v) is 3.61. The summed E-state index contributed by atoms with van der Waals surface area (Å²) in [6, 6.07) is 12.0. The number of hydrogen-bond acceptors (Lipinski definition) is 4. The number of aryl methyl sites for hydroxylation is 1. The molecule has 0 aliphatic carbocycles. The van der Waals surface area contributed by atoms with Crippen LogP contribution in [-0.4, -0.2) is 36.3 Å². The van der Waals surface area contributed by atoms with Gasteiger partial charge in [0.15, 0.2) is 0 Å². The highest BCUT2D eigenvalue weighted by Crippen LogP contribution is 2.29. The van der Waals surface area contributed by atoms with E-state index in [0.717, 1.165) is 12.0 Å². The van der Waals surface area contributed by atoms with Crippen molar-refractivity contribution in [2.24, 2.45) is 11.1 Å². The Bertz CT molecular complexity index is 778. The molecule has 146 valence electrons. The number of carbonyl (C=O) groups is 2. The highest BCUT2D eigenvalue weighted by atomic mass is 32.1. The molecule has 0 saturated carbocycles. The van der Waals surface area contributed by atoms with Crippen LogP contribution >= 0.6 is 11.3 Å². The zero-order chi connectivity index (χ0) is 20.0. The van der Waals surface area contributed by atoms with E-state index in [9.17, 15) is 9.59 Å². The summed E-state index contributed by atoms with van der Waals surface area (Å²) in [6.45, 7) is 9.02. The van der Waals surface area contributed by atoms with Crippen molar-refractivity contribution in [3.05, 3.63) is 52.4 Å². The highest BCUT2D eigenvalue weighted by Gasteiger charge is 2.24. The maximum Gasteiger partial charge on any atom is 0.264 e. The van der Waals surface area contributed by atoms with Crippen LogP contribution in [0.2, 0.25) is 0 Å². The standard InChI is InChI=1S/C21H29N3O2S/c1-15-14-17(23-20(26)21(2,3)4)27-18(15)19(25)24(13-11-22)12-10-16-8-6-5-7-9-16/h5-9,14H,10-13,22H2,1-4H3,(H,23,26). The predicted octanol–water partition coefficient (Wildman–Crippen LogP) is 3.68. The van der Waals surface area contributed by atoms with Crippen molar-refractivity contribution in [3.8, 4) is 0 Å². The molecule has 1 aromatic carbocycles. The molecule has 2 amide bonds. The van der Waals surface area contributed by atoms with E-state index in [1.165, 1.54) is 16.9 Å². The molecule has 0 fully saturated rings. The SMILES string of the molecule is Cc1cc(NC(=O)C(C)(C)C)sc1C(=O)N(CCN)CCc1ccccc1. The Hall–Kier alpha value is -2.18. The first-order valence-electron chi connectivity index (χ1n) is 9.17. The van der Waals surface area contributed by atoms with Gasteiger partial charge < -0.3 is 16.0 Å². The quantitative estimate of drug-likeness (QED) is 0.761. The minimum Gasteiger partial charge on any atom is -0.336 e. The van der Waals surface area contributed by atoms with Gasteiger partial charge in [-0.3, -0.25) is 9.59 Å². The lowest BCUT2D eigenvalue weighted by Gasteiger charge is -2.22. The monoisotopic (exact) mass is 387 g/mol. The molecule has 1 heterocycles. The number of hydrogen-bond donors (Lipinski definition) is 2. The van der Waals surface area contributed by atoms with Crippen molar-refractivity contribution in [2.75, 3.05) is 25.0 Å². The largest absolute Gasteiger partial charge is 0.336 e. The maximum atomic E-state index is 13.0. The Kier molecular flexibility index (Phi) is 7.16. The second-order valence-corrected chi connectivity index (χ2v) is 8.70. The van der Waals surface area contributed by atoms with Gasteiger partial charge in [0.1, 0.15) is 0 Å². The van der Waals surface area contributed by atoms with Gasteiger partial charge in [-0.1, -0.05) is 51.1 Å². The minimum atomic E-state index is -0.483. The van der Waals surface area contributed by atoms with Crippen LogP contribution in [-0.2, 0) is 11.2 Å². The third-order valence-electron chi connectivity index (χ3n) is 4.23. The lowest BCUT2D eigenvalue weighted by Crippen LogP contribution is -2.36. The topological polar surface area (TPSA) is 75.4 Å². The Labute approximate surface area is 165 Å². The first-order chi connectivity index (χ1) is 12.7. The number of carbonyl (C=O) groups excluding carboxylic acids is 2. The summed E-state index contributed by atoms with van der Waals surface area (Å²) in [5.74, 6) is -0.0965. The van der Waals surface area contributed by atoms with E-state index in [2.05, 4.69) is 17.4 Å². The third-order valence-corrected chi connectivity index (χ3v) is 5.37. The fourth-order valence-electron chi connectivity index (χ4n) is 2.58. The van der Waals surface area contributed by atoms with E-state index < -0.39 is 5.41 Å². The lowest BCUT2D eigenvalue weighted by molar-refractivity contribution is -0.123. The van der Waals surface area contributed by atoms with E-state index in [1.807, 2.05) is 52.0 Å². The first-order valence-corrected chi connectivity index (χ1v) is 9.99. The van der Waals surface area contributed by atoms with Crippen LogP contribution in [0, 0.1) is 12.3 Å². The fraction of sp³-hybridized carbons (Fsp3) is 0.429. The Morgan fingerprint density at radius 3 is 2.41 bits per heavy atom. The van der Waals surface area contributed by atoms with E-state index in [4.69, 9.17) is 5.73 Å². The molecule has 1 aromatic heterocycles. The van der Waals surface area contributed by atoms with Crippen LogP contribution in [0.1, 0.15) is 41.6 Å². The van der Waals surface area contributed by atoms with Gasteiger partial charge in [-0.15, -0.1) is 11.3 Å². The Morgan fingerprint density at radius 1 is 1.15 bits per heavy atom. The van der Waals surface area contributed by atoms with Gasteiger partial charge >= 0.3 is 0 Å². The van der Waals surface area contributed by atoms with E-state index >= 15 is 0 Å². The van der Waals surface area contributed by atoms with E-state index in [0.29, 0.717) is 29.5 Å². The number of nitrogens with zero attached hydrogens (tertiary/aromatic N) is 1. The average molecular weight is 388 g/mol. The molecule has 0 saturated heterocycles. The molecule has 27 heavy (non-hydrogen) atoms. The molecule has 0 aliphatic heterocycles. The number of anilines is 1. The number of nitrogens with one attached hydrogen (secondary N) is 1. The second-order valence-electron chi connectivity index (χ2n) is 7.64. The summed E-state index contributed by atoms with van der Waals surface area (Å²) in [5, 5.41) is 3.61. The molecule has 0 atom stereocenters. The summed E-state index contributed by atoms with van der Waals surface area (Å²) >= 11 is 1.32. The minimum absolute atomic E-state index is 0.0323. The molecule has 3 N–H and O–H groups in total. The molecule has 2 aromatic rings. The predicted molar refractivity (Wildman–Crippen MR) is 112 cm³/mol. The summed E-state index contributed by atoms with van der Waals surface area (Å²) < 4.78 is 0. The van der Waals surface area contributed by atoms with Crippen molar-refractivity contribution in [1.82, 2.24) is 4.90 Å². The van der Waals surface area contributed by atoms with E-state index in [1.54, 1.807) is 4.90 Å². The summed E-state index contributed by atoms with van der Waals surface area (Å²) in [7, 11) is 0. The maximum absolute atomic E-state index is 13.0. The van der Waals surface area contributed by atoms with E-state index in [-0.39, 0.29) is 11.8 Å². The number of benzene rings is 1. The van der Waals surface area contributed by atoms with Crippen molar-refractivity contribution in [2.45, 2.75) is 34.1 Å². The van der Waals surface area contributed by atoms with Crippen molar-refractivity contribution >= 4 is 28.2 Å². The number of nitrogens with two attached hydrogens (primary N) is 1. The third kappa shape index (κ3) is 5.91. The lowest BCUT2D eigenvalue weighted by atomic mass is 9.96. The van der Waals surface area contributed by atoms with Crippen LogP contribution in [0.25, 0.3) is 0 Å². The van der Waals surface area contributed by atoms with Crippen LogP contribution in [0.3, 0.4) is 0 Å². The molecule has 2 rings (SSSR count). The summed E-state index contributed by atoms with van der Waals surface area (Å²) in [4.78, 5) is 27.7. The van der Waals surface area contributed by atoms with Gasteiger partial charge in [-0.2, -0.15) is 0 Å². The van der Waals surface area contributed by atoms with Crippen molar-refractivity contribution in [1.29, 1.82) is 0 Å². The molecule has 5 nitrogen and oxygen atoms in total. The summed E-state index contributed by atoms with van der Waals surface area (Å²) in [5.41, 5.74) is 7.30. The zero-order valence-electron chi connectivity index (χ0n) is 16.5. The number of amides is 2. The highest BCUT2D eigenvalue weighted by molar-refractivity contribution is 7.18. The molecule has 0 spiro atoms. The van der Waals surface area contributed by atoms with Gasteiger partial charge in [0.25, 0.3) is 5.91 Å². The van der Waals surface area contributed by atoms with Crippen LogP contribution in [0.15, 0.2) is 36.4 Å². The van der Waals surface area contributed by atoms with Gasteiger partial charge in [0, 0.05) is 25.0 Å². The molecule has 0 aliphatic rings.